The Balaban J connectivity index is 2.15. The van der Waals surface area contributed by atoms with Crippen LogP contribution in [-0.2, 0) is 9.59 Å². The summed E-state index contributed by atoms with van der Waals surface area (Å²) in [5, 5.41) is 6.04. The lowest BCUT2D eigenvalue weighted by Gasteiger charge is -2.13. The molecule has 0 fully saturated rings. The normalized spacial score (nSPS) is 14.8. The quantitative estimate of drug-likeness (QED) is 0.858. The van der Waals surface area contributed by atoms with Crippen molar-refractivity contribution in [2.24, 2.45) is 5.10 Å². The van der Waals surface area contributed by atoms with Gasteiger partial charge in [-0.05, 0) is 12.1 Å². The minimum atomic E-state index is -0.628. The summed E-state index contributed by atoms with van der Waals surface area (Å²) < 4.78 is 13.4. The molecule has 0 saturated heterocycles. The molecule has 7 heteroatoms. The van der Waals surface area contributed by atoms with Crippen LogP contribution in [0.2, 0.25) is 5.02 Å². The van der Waals surface area contributed by atoms with E-state index >= 15 is 0 Å². The smallest absolute Gasteiger partial charge is 0.271 e. The van der Waals surface area contributed by atoms with Gasteiger partial charge in [0.25, 0.3) is 5.91 Å². The molecule has 0 radical (unpaired) electrons. The lowest BCUT2D eigenvalue weighted by molar-refractivity contribution is -0.121. The largest absolute Gasteiger partial charge is 0.317 e. The predicted molar refractivity (Wildman–Crippen MR) is 64.9 cm³/mol. The number of nitrogens with one attached hydrogen (secondary N) is 2. The van der Waals surface area contributed by atoms with Crippen LogP contribution in [0.5, 0.6) is 0 Å². The maximum Gasteiger partial charge on any atom is 0.271 e. The van der Waals surface area contributed by atoms with Crippen molar-refractivity contribution in [2.75, 3.05) is 5.32 Å². The van der Waals surface area contributed by atoms with Crippen LogP contribution in [-0.4, -0.2) is 17.5 Å². The Morgan fingerprint density at radius 1 is 1.44 bits per heavy atom. The number of hydrogen-bond acceptors (Lipinski definition) is 3. The van der Waals surface area contributed by atoms with Gasteiger partial charge >= 0.3 is 0 Å². The van der Waals surface area contributed by atoms with Gasteiger partial charge in [-0.2, -0.15) is 5.10 Å². The zero-order valence-corrected chi connectivity index (χ0v) is 9.92. The molecule has 2 amide bonds. The maximum absolute atomic E-state index is 13.4. The summed E-state index contributed by atoms with van der Waals surface area (Å²) in [5.74, 6) is -1.46. The lowest BCUT2D eigenvalue weighted by Crippen LogP contribution is -2.33. The van der Waals surface area contributed by atoms with Crippen LogP contribution >= 0.6 is 11.6 Å². The lowest BCUT2D eigenvalue weighted by atomic mass is 10.1. The number of nitrogens with zero attached hydrogens (tertiary/aromatic N) is 1. The first kappa shape index (κ1) is 12.5. The van der Waals surface area contributed by atoms with Crippen molar-refractivity contribution in [3.05, 3.63) is 29.0 Å². The average Bonchev–Trinajstić information content (AvgIpc) is 2.34. The summed E-state index contributed by atoms with van der Waals surface area (Å²) in [5.41, 5.74) is 2.23. The molecule has 1 aromatic carbocycles. The number of hydrogen-bond donors (Lipinski definition) is 2. The zero-order chi connectivity index (χ0) is 13.1. The van der Waals surface area contributed by atoms with Gasteiger partial charge in [-0.3, -0.25) is 9.59 Å². The second-order valence-electron chi connectivity index (χ2n) is 3.64. The monoisotopic (exact) mass is 269 g/mol. The van der Waals surface area contributed by atoms with E-state index in [-0.39, 0.29) is 35.2 Å². The molecule has 5 nitrogen and oxygen atoms in total. The molecular weight excluding hydrogens is 261 g/mol. The van der Waals surface area contributed by atoms with Gasteiger partial charge in [0.2, 0.25) is 5.91 Å². The van der Waals surface area contributed by atoms with Crippen LogP contribution in [0, 0.1) is 5.82 Å². The first-order chi connectivity index (χ1) is 8.58. The molecule has 0 aromatic heterocycles. The summed E-state index contributed by atoms with van der Waals surface area (Å²) in [6.45, 7) is 0. The second kappa shape index (κ2) is 5.14. The third-order valence-corrected chi connectivity index (χ3v) is 2.68. The van der Waals surface area contributed by atoms with Crippen LogP contribution < -0.4 is 10.7 Å². The van der Waals surface area contributed by atoms with Crippen LogP contribution in [0.4, 0.5) is 10.1 Å². The van der Waals surface area contributed by atoms with Crippen LogP contribution in [0.25, 0.3) is 0 Å². The molecule has 0 aliphatic carbocycles. The summed E-state index contributed by atoms with van der Waals surface area (Å²) in [7, 11) is 0. The first-order valence-electron chi connectivity index (χ1n) is 5.18. The number of para-hydroxylation sites is 1. The predicted octanol–water partition coefficient (Wildman–Crippen LogP) is 1.68. The van der Waals surface area contributed by atoms with Gasteiger partial charge in [-0.25, -0.2) is 9.82 Å². The van der Waals surface area contributed by atoms with Gasteiger partial charge in [0.15, 0.2) is 0 Å². The highest BCUT2D eigenvalue weighted by Crippen LogP contribution is 2.24. The molecule has 1 heterocycles. The van der Waals surface area contributed by atoms with Crippen LogP contribution in [0.1, 0.15) is 12.8 Å². The number of amides is 2. The highest BCUT2D eigenvalue weighted by atomic mass is 35.5. The van der Waals surface area contributed by atoms with Crippen molar-refractivity contribution >= 4 is 34.8 Å². The van der Waals surface area contributed by atoms with E-state index in [2.05, 4.69) is 15.8 Å². The summed E-state index contributed by atoms with van der Waals surface area (Å²) in [6, 6.07) is 4.09. The molecule has 2 rings (SSSR count). The third kappa shape index (κ3) is 2.65. The van der Waals surface area contributed by atoms with E-state index in [1.807, 2.05) is 0 Å². The number of hydrazone groups is 1. The van der Waals surface area contributed by atoms with Crippen molar-refractivity contribution in [3.8, 4) is 0 Å². The van der Waals surface area contributed by atoms with Crippen molar-refractivity contribution in [3.63, 3.8) is 0 Å². The van der Waals surface area contributed by atoms with E-state index in [0.29, 0.717) is 0 Å². The van der Waals surface area contributed by atoms with E-state index in [9.17, 15) is 14.0 Å². The van der Waals surface area contributed by atoms with Gasteiger partial charge in [0, 0.05) is 12.8 Å². The Morgan fingerprint density at radius 3 is 2.83 bits per heavy atom. The molecule has 0 saturated carbocycles. The Kier molecular flexibility index (Phi) is 3.57. The zero-order valence-electron chi connectivity index (χ0n) is 9.17. The Morgan fingerprint density at radius 2 is 2.22 bits per heavy atom. The van der Waals surface area contributed by atoms with Gasteiger partial charge in [-0.15, -0.1) is 0 Å². The van der Waals surface area contributed by atoms with Crippen molar-refractivity contribution in [2.45, 2.75) is 12.8 Å². The number of halogens is 2. The summed E-state index contributed by atoms with van der Waals surface area (Å²) >= 11 is 5.77. The molecule has 94 valence electrons. The molecule has 2 N–H and O–H groups in total. The fraction of sp³-hybridized carbons (Fsp3) is 0.182. The molecular formula is C11H9ClFN3O2. The number of anilines is 1. The first-order valence-corrected chi connectivity index (χ1v) is 5.56. The topological polar surface area (TPSA) is 70.6 Å². The van der Waals surface area contributed by atoms with Gasteiger partial charge in [-0.1, -0.05) is 17.7 Å². The van der Waals surface area contributed by atoms with E-state index < -0.39 is 11.7 Å². The van der Waals surface area contributed by atoms with E-state index in [0.717, 1.165) is 0 Å². The molecule has 0 atom stereocenters. The number of rotatable bonds is 2. The van der Waals surface area contributed by atoms with E-state index in [1.54, 1.807) is 0 Å². The Hall–Kier alpha value is -1.95. The number of carbonyl (C=O) groups is 2. The van der Waals surface area contributed by atoms with E-state index in [1.165, 1.54) is 18.2 Å². The molecule has 1 aliphatic rings. The maximum atomic E-state index is 13.4. The molecule has 18 heavy (non-hydrogen) atoms. The Labute approximate surface area is 107 Å². The fourth-order valence-corrected chi connectivity index (χ4v) is 1.65. The molecule has 0 spiro atoms. The molecule has 1 aliphatic heterocycles. The minimum absolute atomic E-state index is 0.0937. The molecule has 0 unspecified atom stereocenters. The average molecular weight is 270 g/mol. The van der Waals surface area contributed by atoms with Crippen LogP contribution in [0.3, 0.4) is 0 Å². The molecule has 0 bridgehead atoms. The van der Waals surface area contributed by atoms with Gasteiger partial charge < -0.3 is 5.32 Å². The Bertz CT molecular complexity index is 525. The number of carbonyl (C=O) groups excluding carboxylic acids is 2. The second-order valence-corrected chi connectivity index (χ2v) is 4.05. The summed E-state index contributed by atoms with van der Waals surface area (Å²) in [6.07, 6.45) is 0.390. The standard InChI is InChI=1S/C11H9ClFN3O2/c12-6-2-1-3-7(13)10(6)14-11(18)8-4-5-9(17)16-15-8/h1-3H,4-5H2,(H,14,18)(H,16,17). The highest BCUT2D eigenvalue weighted by molar-refractivity contribution is 6.44. The summed E-state index contributed by atoms with van der Waals surface area (Å²) in [4.78, 5) is 22.6. The van der Waals surface area contributed by atoms with E-state index in [4.69, 9.17) is 11.6 Å². The van der Waals surface area contributed by atoms with Crippen molar-refractivity contribution in [1.29, 1.82) is 0 Å². The fourth-order valence-electron chi connectivity index (χ4n) is 1.44. The minimum Gasteiger partial charge on any atom is -0.317 e. The van der Waals surface area contributed by atoms with Gasteiger partial charge in [0.05, 0.1) is 10.7 Å². The number of benzene rings is 1. The van der Waals surface area contributed by atoms with Gasteiger partial charge in [0.1, 0.15) is 11.5 Å². The van der Waals surface area contributed by atoms with Crippen LogP contribution in [0.15, 0.2) is 23.3 Å². The van der Waals surface area contributed by atoms with Crippen molar-refractivity contribution in [1.82, 2.24) is 5.43 Å². The van der Waals surface area contributed by atoms with Crippen molar-refractivity contribution < 1.29 is 14.0 Å². The SMILES string of the molecule is O=C1CCC(C(=O)Nc2c(F)cccc2Cl)=NN1. The third-order valence-electron chi connectivity index (χ3n) is 2.37. The highest BCUT2D eigenvalue weighted by Gasteiger charge is 2.20. The molecule has 1 aromatic rings.